The van der Waals surface area contributed by atoms with E-state index < -0.39 is 17.5 Å². The first kappa shape index (κ1) is 26.8. The van der Waals surface area contributed by atoms with Crippen LogP contribution in [0.3, 0.4) is 0 Å². The highest BCUT2D eigenvalue weighted by Crippen LogP contribution is 2.37. The second kappa shape index (κ2) is 16.5. The van der Waals surface area contributed by atoms with Gasteiger partial charge in [-0.25, -0.2) is 0 Å². The van der Waals surface area contributed by atoms with Crippen molar-refractivity contribution in [2.24, 2.45) is 5.92 Å². The lowest BCUT2D eigenvalue weighted by Crippen LogP contribution is -2.44. The van der Waals surface area contributed by atoms with E-state index in [2.05, 4.69) is 6.92 Å². The largest absolute Gasteiger partial charge is 0.468 e. The molecule has 0 saturated heterocycles. The Morgan fingerprint density at radius 2 is 1.37 bits per heavy atom. The zero-order valence-electron chi connectivity index (χ0n) is 19.6. The van der Waals surface area contributed by atoms with Gasteiger partial charge in [0.15, 0.2) is 11.7 Å². The average molecular weight is 425 g/mol. The van der Waals surface area contributed by atoms with Crippen LogP contribution in [-0.4, -0.2) is 38.4 Å². The quantitative estimate of drug-likeness (QED) is 0.108. The van der Waals surface area contributed by atoms with Gasteiger partial charge in [0.2, 0.25) is 0 Å². The maximum Gasteiger partial charge on any atom is 0.319 e. The number of carbonyl (C=O) groups is 2. The number of hydrogen-bond donors (Lipinski definition) is 0. The molecule has 0 radical (unpaired) electrons. The summed E-state index contributed by atoms with van der Waals surface area (Å²) in [5.74, 6) is -1.70. The summed E-state index contributed by atoms with van der Waals surface area (Å²) in [6.07, 6.45) is 21.9. The van der Waals surface area contributed by atoms with E-state index >= 15 is 0 Å². The minimum Gasteiger partial charge on any atom is -0.468 e. The van der Waals surface area contributed by atoms with Gasteiger partial charge in [-0.15, -0.1) is 0 Å². The number of allylic oxidation sites excluding steroid dienone is 1. The van der Waals surface area contributed by atoms with Gasteiger partial charge in [0.25, 0.3) is 0 Å². The van der Waals surface area contributed by atoms with Gasteiger partial charge in [-0.1, -0.05) is 96.8 Å². The molecule has 0 fully saturated rings. The van der Waals surface area contributed by atoms with E-state index in [1.807, 2.05) is 0 Å². The third kappa shape index (κ3) is 9.74. The fourth-order valence-corrected chi connectivity index (χ4v) is 4.29. The third-order valence-corrected chi connectivity index (χ3v) is 6.11. The number of hydrogen-bond acceptors (Lipinski definition) is 5. The molecule has 1 rings (SSSR count). The van der Waals surface area contributed by atoms with Gasteiger partial charge in [-0.3, -0.25) is 9.59 Å². The fraction of sp³-hybridized carbons (Fsp3) is 0.840. The maximum atomic E-state index is 12.2. The summed E-state index contributed by atoms with van der Waals surface area (Å²) in [5.41, 5.74) is -0.933. The van der Waals surface area contributed by atoms with E-state index in [9.17, 15) is 9.59 Å². The van der Waals surface area contributed by atoms with Gasteiger partial charge in [0.05, 0.1) is 7.11 Å². The summed E-state index contributed by atoms with van der Waals surface area (Å²) in [5, 5.41) is 0. The zero-order chi connectivity index (χ0) is 22.1. The molecule has 0 saturated carbocycles. The van der Waals surface area contributed by atoms with Gasteiger partial charge >= 0.3 is 5.97 Å². The van der Waals surface area contributed by atoms with Crippen LogP contribution < -0.4 is 0 Å². The van der Waals surface area contributed by atoms with Crippen LogP contribution in [0.1, 0.15) is 103 Å². The summed E-state index contributed by atoms with van der Waals surface area (Å²) in [6.45, 7) is 2.31. The third-order valence-electron chi connectivity index (χ3n) is 6.11. The number of unbranched alkanes of at least 4 members (excludes halogenated alkanes) is 13. The van der Waals surface area contributed by atoms with Crippen LogP contribution in [0.15, 0.2) is 12.2 Å². The molecule has 0 bridgehead atoms. The van der Waals surface area contributed by atoms with Crippen molar-refractivity contribution in [1.29, 1.82) is 0 Å². The highest BCUT2D eigenvalue weighted by Gasteiger charge is 2.50. The molecule has 0 aliphatic heterocycles. The van der Waals surface area contributed by atoms with Crippen LogP contribution in [0.5, 0.6) is 0 Å². The minimum absolute atomic E-state index is 0.0454. The van der Waals surface area contributed by atoms with Crippen molar-refractivity contribution >= 4 is 11.8 Å². The zero-order valence-corrected chi connectivity index (χ0v) is 19.6. The van der Waals surface area contributed by atoms with Gasteiger partial charge < -0.3 is 14.2 Å². The van der Waals surface area contributed by atoms with E-state index in [4.69, 9.17) is 14.2 Å². The van der Waals surface area contributed by atoms with Crippen molar-refractivity contribution in [1.82, 2.24) is 0 Å². The van der Waals surface area contributed by atoms with Crippen LogP contribution in [0.4, 0.5) is 0 Å². The van der Waals surface area contributed by atoms with Crippen LogP contribution in [0.2, 0.25) is 0 Å². The van der Waals surface area contributed by atoms with E-state index in [-0.39, 0.29) is 12.6 Å². The van der Waals surface area contributed by atoms with Gasteiger partial charge in [0.1, 0.15) is 12.4 Å². The summed E-state index contributed by atoms with van der Waals surface area (Å²) in [7, 11) is 2.84. The Labute approximate surface area is 183 Å². The Morgan fingerprint density at radius 3 is 1.83 bits per heavy atom. The first-order valence-electron chi connectivity index (χ1n) is 12.0. The molecule has 30 heavy (non-hydrogen) atoms. The molecule has 5 nitrogen and oxygen atoms in total. The normalized spacial score (nSPS) is 20.8. The summed E-state index contributed by atoms with van der Waals surface area (Å²) in [4.78, 5) is 24.3. The lowest BCUT2D eigenvalue weighted by molar-refractivity contribution is -0.170. The SMILES string of the molecule is CCCCCCCCCCCCCCCCC1(OCOC)C=CC(=O)C1C(=O)OC. The molecule has 0 N–H and O–H groups in total. The van der Waals surface area contributed by atoms with E-state index in [1.165, 1.54) is 97.3 Å². The summed E-state index contributed by atoms with van der Waals surface area (Å²) < 4.78 is 15.7. The number of rotatable bonds is 19. The van der Waals surface area contributed by atoms with E-state index in [1.54, 1.807) is 6.08 Å². The van der Waals surface area contributed by atoms with Gasteiger partial charge in [-0.2, -0.15) is 0 Å². The molecule has 2 unspecified atom stereocenters. The molecule has 1 aliphatic rings. The van der Waals surface area contributed by atoms with Crippen molar-refractivity contribution in [2.75, 3.05) is 21.0 Å². The van der Waals surface area contributed by atoms with Crippen molar-refractivity contribution in [2.45, 2.75) is 109 Å². The number of carbonyl (C=O) groups excluding carboxylic acids is 2. The molecule has 0 aromatic rings. The number of esters is 1. The Kier molecular flexibility index (Phi) is 14.7. The highest BCUT2D eigenvalue weighted by atomic mass is 16.7. The maximum absolute atomic E-state index is 12.2. The molecule has 0 spiro atoms. The predicted molar refractivity (Wildman–Crippen MR) is 120 cm³/mol. The monoisotopic (exact) mass is 424 g/mol. The molecule has 1 aliphatic carbocycles. The lowest BCUT2D eigenvalue weighted by Gasteiger charge is -2.32. The van der Waals surface area contributed by atoms with Crippen LogP contribution in [0, 0.1) is 5.92 Å². The number of ether oxygens (including phenoxy) is 3. The van der Waals surface area contributed by atoms with Crippen LogP contribution in [0.25, 0.3) is 0 Å². The summed E-state index contributed by atoms with van der Waals surface area (Å²) in [6, 6.07) is 0. The van der Waals surface area contributed by atoms with Crippen molar-refractivity contribution < 1.29 is 23.8 Å². The predicted octanol–water partition coefficient (Wildman–Crippen LogP) is 6.15. The van der Waals surface area contributed by atoms with Crippen molar-refractivity contribution in [3.63, 3.8) is 0 Å². The van der Waals surface area contributed by atoms with Crippen molar-refractivity contribution in [3.8, 4) is 0 Å². The molecule has 0 heterocycles. The minimum atomic E-state index is -0.933. The molecule has 0 amide bonds. The van der Waals surface area contributed by atoms with Gasteiger partial charge in [-0.05, 0) is 18.6 Å². The Balaban J connectivity index is 2.17. The molecule has 0 aromatic heterocycles. The second-order valence-corrected chi connectivity index (χ2v) is 8.54. The summed E-state index contributed by atoms with van der Waals surface area (Å²) >= 11 is 0. The lowest BCUT2D eigenvalue weighted by atomic mass is 9.84. The Bertz CT molecular complexity index is 502. The molecule has 174 valence electrons. The smallest absolute Gasteiger partial charge is 0.319 e. The van der Waals surface area contributed by atoms with Crippen LogP contribution >= 0.6 is 0 Å². The number of ketones is 1. The van der Waals surface area contributed by atoms with Gasteiger partial charge in [0, 0.05) is 7.11 Å². The molecular formula is C25H44O5. The van der Waals surface area contributed by atoms with Crippen molar-refractivity contribution in [3.05, 3.63) is 12.2 Å². The van der Waals surface area contributed by atoms with Crippen LogP contribution in [-0.2, 0) is 23.8 Å². The van der Waals surface area contributed by atoms with E-state index in [0.717, 1.165) is 12.8 Å². The molecule has 5 heteroatoms. The first-order valence-corrected chi connectivity index (χ1v) is 12.0. The first-order chi connectivity index (χ1) is 14.6. The molecule has 0 aromatic carbocycles. The van der Waals surface area contributed by atoms with E-state index in [0.29, 0.717) is 6.42 Å². The standard InChI is InChI=1S/C25H44O5/c1-4-5-6-7-8-9-10-11-12-13-14-15-16-17-19-25(30-21-28-2)20-18-22(26)23(25)24(27)29-3/h18,20,23H,4-17,19,21H2,1-3H3. The Morgan fingerprint density at radius 1 is 0.867 bits per heavy atom. The molecular weight excluding hydrogens is 380 g/mol. The second-order valence-electron chi connectivity index (χ2n) is 8.54. The molecule has 2 atom stereocenters. The topological polar surface area (TPSA) is 61.8 Å². The fourth-order valence-electron chi connectivity index (χ4n) is 4.29. The average Bonchev–Trinajstić information content (AvgIpc) is 3.08. The highest BCUT2D eigenvalue weighted by molar-refractivity contribution is 6.08. The Hall–Kier alpha value is -1.20. The number of methoxy groups -OCH3 is 2.